The molecule has 2 aromatic heterocycles. The highest BCUT2D eigenvalue weighted by Gasteiger charge is 2.22. The summed E-state index contributed by atoms with van der Waals surface area (Å²) in [4.78, 5) is 4.66. The molecular weight excluding hydrogens is 288 g/mol. The number of hydrogen-bond donors (Lipinski definition) is 0. The molecule has 5 nitrogen and oxygen atoms in total. The quantitative estimate of drug-likeness (QED) is 0.702. The van der Waals surface area contributed by atoms with Crippen LogP contribution in [0.2, 0.25) is 0 Å². The Kier molecular flexibility index (Phi) is 3.63. The molecule has 0 amide bonds. The molecule has 2 heterocycles. The van der Waals surface area contributed by atoms with E-state index >= 15 is 0 Å². The molecule has 0 unspecified atom stereocenters. The first-order valence-electron chi connectivity index (χ1n) is 8.53. The highest BCUT2D eigenvalue weighted by Crippen LogP contribution is 2.33. The summed E-state index contributed by atoms with van der Waals surface area (Å²) in [5.74, 6) is 1.93. The summed E-state index contributed by atoms with van der Waals surface area (Å²) in [6.07, 6.45) is 8.10. The average Bonchev–Trinajstić information content (AvgIpc) is 3.22. The van der Waals surface area contributed by atoms with Crippen LogP contribution < -0.4 is 0 Å². The maximum atomic E-state index is 5.55. The van der Waals surface area contributed by atoms with Gasteiger partial charge in [-0.25, -0.2) is 0 Å². The van der Waals surface area contributed by atoms with Crippen LogP contribution >= 0.6 is 0 Å². The van der Waals surface area contributed by atoms with Gasteiger partial charge in [0.2, 0.25) is 11.7 Å². The Labute approximate surface area is 135 Å². The lowest BCUT2D eigenvalue weighted by Gasteiger charge is -2.17. The smallest absolute Gasteiger partial charge is 0.230 e. The van der Waals surface area contributed by atoms with Gasteiger partial charge in [0.15, 0.2) is 0 Å². The molecule has 1 saturated carbocycles. The Morgan fingerprint density at radius 2 is 2.00 bits per heavy atom. The molecule has 0 spiro atoms. The summed E-state index contributed by atoms with van der Waals surface area (Å²) in [5, 5.41) is 9.81. The molecule has 0 aliphatic heterocycles. The van der Waals surface area contributed by atoms with Crippen molar-refractivity contribution in [2.24, 2.45) is 0 Å². The fraction of sp³-hybridized carbons (Fsp3) is 0.500. The van der Waals surface area contributed by atoms with Crippen LogP contribution in [0.5, 0.6) is 0 Å². The SMILES string of the molecule is CC(C)n1ncc2ccc(-c3noc(C4CCCCC4)n3)cc21. The first-order chi connectivity index (χ1) is 11.2. The highest BCUT2D eigenvalue weighted by atomic mass is 16.5. The lowest BCUT2D eigenvalue weighted by Crippen LogP contribution is -2.04. The van der Waals surface area contributed by atoms with Crippen LogP contribution in [0.25, 0.3) is 22.3 Å². The Bertz CT molecular complexity index is 811. The number of nitrogens with zero attached hydrogens (tertiary/aromatic N) is 4. The molecule has 1 aliphatic rings. The fourth-order valence-electron chi connectivity index (χ4n) is 3.46. The van der Waals surface area contributed by atoms with Crippen molar-refractivity contribution < 1.29 is 4.52 Å². The van der Waals surface area contributed by atoms with Crippen molar-refractivity contribution >= 4 is 10.9 Å². The molecule has 0 atom stereocenters. The van der Waals surface area contributed by atoms with Crippen LogP contribution in [-0.4, -0.2) is 19.9 Å². The van der Waals surface area contributed by atoms with E-state index in [1.165, 1.54) is 32.1 Å². The fourth-order valence-corrected chi connectivity index (χ4v) is 3.46. The van der Waals surface area contributed by atoms with Crippen molar-refractivity contribution in [1.82, 2.24) is 19.9 Å². The predicted octanol–water partition coefficient (Wildman–Crippen LogP) is 4.71. The van der Waals surface area contributed by atoms with Gasteiger partial charge in [0.25, 0.3) is 0 Å². The molecule has 0 N–H and O–H groups in total. The van der Waals surface area contributed by atoms with Crippen LogP contribution in [0.1, 0.15) is 63.8 Å². The molecule has 0 radical (unpaired) electrons. The molecule has 0 bridgehead atoms. The summed E-state index contributed by atoms with van der Waals surface area (Å²) in [6.45, 7) is 4.27. The van der Waals surface area contributed by atoms with Crippen molar-refractivity contribution in [3.8, 4) is 11.4 Å². The van der Waals surface area contributed by atoms with Gasteiger partial charge in [0.05, 0.1) is 11.7 Å². The number of fused-ring (bicyclic) bond motifs is 1. The summed E-state index contributed by atoms with van der Waals surface area (Å²) in [5.41, 5.74) is 2.10. The molecule has 1 aliphatic carbocycles. The molecule has 1 aromatic carbocycles. The van der Waals surface area contributed by atoms with E-state index < -0.39 is 0 Å². The van der Waals surface area contributed by atoms with Gasteiger partial charge in [-0.2, -0.15) is 10.1 Å². The molecule has 5 heteroatoms. The van der Waals surface area contributed by atoms with E-state index in [4.69, 9.17) is 4.52 Å². The number of aromatic nitrogens is 4. The molecule has 3 aromatic rings. The molecule has 23 heavy (non-hydrogen) atoms. The normalized spacial score (nSPS) is 16.5. The number of benzene rings is 1. The first kappa shape index (κ1) is 14.4. The largest absolute Gasteiger partial charge is 0.339 e. The minimum absolute atomic E-state index is 0.325. The first-order valence-corrected chi connectivity index (χ1v) is 8.53. The van der Waals surface area contributed by atoms with Gasteiger partial charge in [0, 0.05) is 22.9 Å². The number of rotatable bonds is 3. The molecular formula is C18H22N4O. The Morgan fingerprint density at radius 1 is 1.17 bits per heavy atom. The zero-order chi connectivity index (χ0) is 15.8. The second-order valence-corrected chi connectivity index (χ2v) is 6.75. The summed E-state index contributed by atoms with van der Waals surface area (Å²) < 4.78 is 7.57. The van der Waals surface area contributed by atoms with Crippen molar-refractivity contribution in [2.45, 2.75) is 57.9 Å². The van der Waals surface area contributed by atoms with Crippen molar-refractivity contribution in [3.05, 3.63) is 30.3 Å². The van der Waals surface area contributed by atoms with Crippen LogP contribution in [0.15, 0.2) is 28.9 Å². The zero-order valence-electron chi connectivity index (χ0n) is 13.7. The molecule has 0 saturated heterocycles. The summed E-state index contributed by atoms with van der Waals surface area (Å²) >= 11 is 0. The Balaban J connectivity index is 1.68. The second kappa shape index (κ2) is 5.80. The maximum absolute atomic E-state index is 5.55. The molecule has 120 valence electrons. The Morgan fingerprint density at radius 3 is 2.78 bits per heavy atom. The van der Waals surface area contributed by atoms with Gasteiger partial charge in [-0.15, -0.1) is 0 Å². The van der Waals surface area contributed by atoms with Crippen molar-refractivity contribution in [2.75, 3.05) is 0 Å². The van der Waals surface area contributed by atoms with Crippen LogP contribution in [0.4, 0.5) is 0 Å². The van der Waals surface area contributed by atoms with Crippen LogP contribution in [-0.2, 0) is 0 Å². The van der Waals surface area contributed by atoms with E-state index in [0.29, 0.717) is 17.8 Å². The van der Waals surface area contributed by atoms with Gasteiger partial charge in [-0.3, -0.25) is 4.68 Å². The van der Waals surface area contributed by atoms with E-state index in [1.54, 1.807) is 0 Å². The summed E-state index contributed by atoms with van der Waals surface area (Å²) in [6, 6.07) is 6.56. The minimum atomic E-state index is 0.325. The van der Waals surface area contributed by atoms with Gasteiger partial charge in [-0.1, -0.05) is 36.6 Å². The van der Waals surface area contributed by atoms with Gasteiger partial charge in [0.1, 0.15) is 0 Å². The monoisotopic (exact) mass is 310 g/mol. The molecule has 4 rings (SSSR count). The van der Waals surface area contributed by atoms with Crippen LogP contribution in [0.3, 0.4) is 0 Å². The van der Waals surface area contributed by atoms with Crippen molar-refractivity contribution in [3.63, 3.8) is 0 Å². The predicted molar refractivity (Wildman–Crippen MR) is 89.2 cm³/mol. The van der Waals surface area contributed by atoms with Gasteiger partial charge < -0.3 is 4.52 Å². The zero-order valence-corrected chi connectivity index (χ0v) is 13.7. The van der Waals surface area contributed by atoms with E-state index in [0.717, 1.165) is 22.4 Å². The van der Waals surface area contributed by atoms with E-state index in [1.807, 2.05) is 16.9 Å². The third kappa shape index (κ3) is 2.64. The molecule has 1 fully saturated rings. The topological polar surface area (TPSA) is 56.7 Å². The standard InChI is InChI=1S/C18H22N4O/c1-12(2)22-16-10-14(8-9-15(16)11-19-22)17-20-18(23-21-17)13-6-4-3-5-7-13/h8-13H,3-7H2,1-2H3. The maximum Gasteiger partial charge on any atom is 0.230 e. The highest BCUT2D eigenvalue weighted by molar-refractivity contribution is 5.83. The Hall–Kier alpha value is -2.17. The second-order valence-electron chi connectivity index (χ2n) is 6.75. The lowest BCUT2D eigenvalue weighted by atomic mass is 9.89. The number of hydrogen-bond acceptors (Lipinski definition) is 4. The van der Waals surface area contributed by atoms with E-state index in [2.05, 4.69) is 41.2 Å². The third-order valence-corrected chi connectivity index (χ3v) is 4.74. The third-order valence-electron chi connectivity index (χ3n) is 4.74. The van der Waals surface area contributed by atoms with Crippen LogP contribution in [0, 0.1) is 0 Å². The van der Waals surface area contributed by atoms with Gasteiger partial charge >= 0.3 is 0 Å². The van der Waals surface area contributed by atoms with Gasteiger partial charge in [-0.05, 0) is 32.8 Å². The summed E-state index contributed by atoms with van der Waals surface area (Å²) in [7, 11) is 0. The van der Waals surface area contributed by atoms with Crippen molar-refractivity contribution in [1.29, 1.82) is 0 Å². The minimum Gasteiger partial charge on any atom is -0.339 e. The van der Waals surface area contributed by atoms with E-state index in [9.17, 15) is 0 Å². The average molecular weight is 310 g/mol. The van der Waals surface area contributed by atoms with E-state index in [-0.39, 0.29) is 0 Å². The lowest BCUT2D eigenvalue weighted by molar-refractivity contribution is 0.314.